The maximum absolute atomic E-state index is 11.8. The van der Waals surface area contributed by atoms with Crippen LogP contribution in [-0.4, -0.2) is 35.4 Å². The standard InChI is InChI=1S/C11H17N3OS/c1-9-8-16-11(13-9)12-7-10(15)14-5-3-2-4-6-14/h8H,2-7H2,1H3,(H,12,13). The molecular weight excluding hydrogens is 222 g/mol. The molecule has 0 bridgehead atoms. The fourth-order valence-corrected chi connectivity index (χ4v) is 2.53. The Bertz CT molecular complexity index is 358. The monoisotopic (exact) mass is 239 g/mol. The van der Waals surface area contributed by atoms with Crippen LogP contribution in [0.15, 0.2) is 5.38 Å². The molecule has 16 heavy (non-hydrogen) atoms. The predicted octanol–water partition coefficient (Wildman–Crippen LogP) is 1.88. The Morgan fingerprint density at radius 3 is 2.88 bits per heavy atom. The third-order valence-corrected chi connectivity index (χ3v) is 3.64. The number of nitrogens with zero attached hydrogens (tertiary/aromatic N) is 2. The second-order valence-corrected chi connectivity index (χ2v) is 4.95. The van der Waals surface area contributed by atoms with Crippen molar-refractivity contribution < 1.29 is 4.79 Å². The fourth-order valence-electron chi connectivity index (χ4n) is 1.84. The average Bonchev–Trinajstić information content (AvgIpc) is 2.73. The zero-order chi connectivity index (χ0) is 11.4. The largest absolute Gasteiger partial charge is 0.352 e. The SMILES string of the molecule is Cc1csc(NCC(=O)N2CCCCC2)n1. The van der Waals surface area contributed by atoms with Gasteiger partial charge in [-0.05, 0) is 26.2 Å². The molecule has 0 aliphatic carbocycles. The van der Waals surface area contributed by atoms with E-state index in [1.807, 2.05) is 17.2 Å². The van der Waals surface area contributed by atoms with Crippen LogP contribution < -0.4 is 5.32 Å². The second-order valence-electron chi connectivity index (χ2n) is 4.09. The number of aromatic nitrogens is 1. The molecule has 4 nitrogen and oxygen atoms in total. The molecule has 2 rings (SSSR count). The molecular formula is C11H17N3OS. The van der Waals surface area contributed by atoms with Gasteiger partial charge in [-0.2, -0.15) is 0 Å². The van der Waals surface area contributed by atoms with E-state index in [9.17, 15) is 4.79 Å². The molecule has 1 aromatic heterocycles. The van der Waals surface area contributed by atoms with Crippen molar-refractivity contribution in [3.63, 3.8) is 0 Å². The molecule has 1 aliphatic rings. The van der Waals surface area contributed by atoms with Crippen LogP contribution in [0, 0.1) is 6.92 Å². The summed E-state index contributed by atoms with van der Waals surface area (Å²) < 4.78 is 0. The zero-order valence-electron chi connectivity index (χ0n) is 9.53. The van der Waals surface area contributed by atoms with Crippen molar-refractivity contribution in [2.45, 2.75) is 26.2 Å². The van der Waals surface area contributed by atoms with Crippen molar-refractivity contribution in [3.8, 4) is 0 Å². The normalized spacial score (nSPS) is 16.2. The molecule has 0 saturated carbocycles. The summed E-state index contributed by atoms with van der Waals surface area (Å²) in [6, 6.07) is 0. The van der Waals surface area contributed by atoms with Gasteiger partial charge in [0.2, 0.25) is 5.91 Å². The molecule has 1 saturated heterocycles. The number of aryl methyl sites for hydroxylation is 1. The molecule has 0 atom stereocenters. The molecule has 1 fully saturated rings. The summed E-state index contributed by atoms with van der Waals surface area (Å²) >= 11 is 1.55. The summed E-state index contributed by atoms with van der Waals surface area (Å²) in [5.41, 5.74) is 0.998. The first kappa shape index (κ1) is 11.4. The van der Waals surface area contributed by atoms with Crippen molar-refractivity contribution in [1.82, 2.24) is 9.88 Å². The number of hydrogen-bond acceptors (Lipinski definition) is 4. The quantitative estimate of drug-likeness (QED) is 0.876. The summed E-state index contributed by atoms with van der Waals surface area (Å²) in [5, 5.41) is 5.89. The smallest absolute Gasteiger partial charge is 0.241 e. The van der Waals surface area contributed by atoms with Crippen LogP contribution in [-0.2, 0) is 4.79 Å². The molecule has 2 heterocycles. The highest BCUT2D eigenvalue weighted by atomic mass is 32.1. The Labute approximate surface area is 99.7 Å². The highest BCUT2D eigenvalue weighted by Crippen LogP contribution is 2.14. The summed E-state index contributed by atoms with van der Waals surface area (Å²) in [6.45, 7) is 4.15. The van der Waals surface area contributed by atoms with Crippen LogP contribution >= 0.6 is 11.3 Å². The maximum Gasteiger partial charge on any atom is 0.241 e. The van der Waals surface area contributed by atoms with Crippen molar-refractivity contribution in [3.05, 3.63) is 11.1 Å². The van der Waals surface area contributed by atoms with E-state index in [0.717, 1.165) is 36.8 Å². The minimum atomic E-state index is 0.188. The molecule has 1 aromatic rings. The number of amides is 1. The number of piperidine rings is 1. The minimum absolute atomic E-state index is 0.188. The number of thiazole rings is 1. The summed E-state index contributed by atoms with van der Waals surface area (Å²) in [4.78, 5) is 18.0. The fraction of sp³-hybridized carbons (Fsp3) is 0.636. The van der Waals surface area contributed by atoms with Gasteiger partial charge >= 0.3 is 0 Å². The van der Waals surface area contributed by atoms with E-state index in [1.165, 1.54) is 6.42 Å². The van der Waals surface area contributed by atoms with Gasteiger partial charge in [0.1, 0.15) is 0 Å². The van der Waals surface area contributed by atoms with Gasteiger partial charge in [-0.25, -0.2) is 4.98 Å². The minimum Gasteiger partial charge on any atom is -0.352 e. The van der Waals surface area contributed by atoms with Crippen molar-refractivity contribution in [2.24, 2.45) is 0 Å². The molecule has 0 unspecified atom stereocenters. The Kier molecular flexibility index (Phi) is 3.77. The molecule has 5 heteroatoms. The maximum atomic E-state index is 11.8. The van der Waals surface area contributed by atoms with Crippen molar-refractivity contribution in [1.29, 1.82) is 0 Å². The van der Waals surface area contributed by atoms with Crippen LogP contribution in [0.2, 0.25) is 0 Å². The van der Waals surface area contributed by atoms with Gasteiger partial charge < -0.3 is 10.2 Å². The van der Waals surface area contributed by atoms with E-state index in [2.05, 4.69) is 10.3 Å². The van der Waals surface area contributed by atoms with Crippen LogP contribution in [0.25, 0.3) is 0 Å². The molecule has 1 N–H and O–H groups in total. The lowest BCUT2D eigenvalue weighted by molar-refractivity contribution is -0.130. The van der Waals surface area contributed by atoms with Gasteiger partial charge in [0.15, 0.2) is 5.13 Å². The van der Waals surface area contributed by atoms with E-state index in [4.69, 9.17) is 0 Å². The number of rotatable bonds is 3. The lowest BCUT2D eigenvalue weighted by Gasteiger charge is -2.26. The van der Waals surface area contributed by atoms with Crippen LogP contribution in [0.5, 0.6) is 0 Å². The first-order chi connectivity index (χ1) is 7.75. The number of nitrogens with one attached hydrogen (secondary N) is 1. The van der Waals surface area contributed by atoms with Crippen LogP contribution in [0.1, 0.15) is 25.0 Å². The number of hydrogen-bond donors (Lipinski definition) is 1. The Morgan fingerprint density at radius 2 is 2.25 bits per heavy atom. The van der Waals surface area contributed by atoms with E-state index in [-0.39, 0.29) is 5.91 Å². The van der Waals surface area contributed by atoms with E-state index < -0.39 is 0 Å². The number of anilines is 1. The molecule has 1 amide bonds. The van der Waals surface area contributed by atoms with Gasteiger partial charge in [-0.15, -0.1) is 11.3 Å². The average molecular weight is 239 g/mol. The van der Waals surface area contributed by atoms with Gasteiger partial charge in [0, 0.05) is 18.5 Å². The van der Waals surface area contributed by atoms with E-state index >= 15 is 0 Å². The first-order valence-electron chi connectivity index (χ1n) is 5.69. The topological polar surface area (TPSA) is 45.2 Å². The Hall–Kier alpha value is -1.10. The first-order valence-corrected chi connectivity index (χ1v) is 6.57. The summed E-state index contributed by atoms with van der Waals surface area (Å²) in [5.74, 6) is 0.188. The zero-order valence-corrected chi connectivity index (χ0v) is 10.3. The van der Waals surface area contributed by atoms with Gasteiger partial charge in [-0.1, -0.05) is 0 Å². The molecule has 1 aliphatic heterocycles. The van der Waals surface area contributed by atoms with Crippen molar-refractivity contribution >= 4 is 22.4 Å². The summed E-state index contributed by atoms with van der Waals surface area (Å²) in [6.07, 6.45) is 3.53. The van der Waals surface area contributed by atoms with Gasteiger partial charge in [0.25, 0.3) is 0 Å². The number of carbonyl (C=O) groups is 1. The Balaban J connectivity index is 1.78. The lowest BCUT2D eigenvalue weighted by Crippen LogP contribution is -2.39. The third-order valence-electron chi connectivity index (χ3n) is 2.72. The van der Waals surface area contributed by atoms with Crippen LogP contribution in [0.4, 0.5) is 5.13 Å². The number of carbonyl (C=O) groups excluding carboxylic acids is 1. The third kappa shape index (κ3) is 2.95. The van der Waals surface area contributed by atoms with Crippen LogP contribution in [0.3, 0.4) is 0 Å². The molecule has 0 spiro atoms. The van der Waals surface area contributed by atoms with Gasteiger partial charge in [-0.3, -0.25) is 4.79 Å². The van der Waals surface area contributed by atoms with E-state index in [1.54, 1.807) is 11.3 Å². The summed E-state index contributed by atoms with van der Waals surface area (Å²) in [7, 11) is 0. The molecule has 0 radical (unpaired) electrons. The second kappa shape index (κ2) is 5.30. The highest BCUT2D eigenvalue weighted by Gasteiger charge is 2.16. The van der Waals surface area contributed by atoms with Crippen molar-refractivity contribution in [2.75, 3.05) is 25.0 Å². The molecule has 88 valence electrons. The predicted molar refractivity (Wildman–Crippen MR) is 65.8 cm³/mol. The lowest BCUT2D eigenvalue weighted by atomic mass is 10.1. The van der Waals surface area contributed by atoms with Gasteiger partial charge in [0.05, 0.1) is 12.2 Å². The Morgan fingerprint density at radius 1 is 1.50 bits per heavy atom. The highest BCUT2D eigenvalue weighted by molar-refractivity contribution is 7.13. The number of likely N-dealkylation sites (tertiary alicyclic amines) is 1. The molecule has 0 aromatic carbocycles. The van der Waals surface area contributed by atoms with E-state index in [0.29, 0.717) is 6.54 Å².